The second-order valence-electron chi connectivity index (χ2n) is 6.80. The Hall–Kier alpha value is -2.72. The van der Waals surface area contributed by atoms with E-state index in [4.69, 9.17) is 9.47 Å². The molecule has 0 fully saturated rings. The molecular formula is C22H23NO3. The molecule has 0 amide bonds. The fraction of sp³-hybridized carbons (Fsp3) is 0.273. The highest BCUT2D eigenvalue weighted by Gasteiger charge is 2.19. The van der Waals surface area contributed by atoms with Gasteiger partial charge in [0.1, 0.15) is 5.75 Å². The predicted molar refractivity (Wildman–Crippen MR) is 103 cm³/mol. The molecule has 0 aromatic heterocycles. The Morgan fingerprint density at radius 1 is 0.885 bits per heavy atom. The first-order valence-electron chi connectivity index (χ1n) is 8.84. The van der Waals surface area contributed by atoms with Gasteiger partial charge in [0.15, 0.2) is 11.5 Å². The number of ether oxygens (including phenoxy) is 2. The summed E-state index contributed by atoms with van der Waals surface area (Å²) in [5.74, 6) is 1.90. The molecule has 0 saturated carbocycles. The number of aromatic hydroxyl groups is 1. The Balaban J connectivity index is 1.55. The monoisotopic (exact) mass is 349 g/mol. The summed E-state index contributed by atoms with van der Waals surface area (Å²) in [7, 11) is 3.36. The van der Waals surface area contributed by atoms with Crippen LogP contribution < -0.4 is 9.47 Å². The van der Waals surface area contributed by atoms with Gasteiger partial charge in [-0.25, -0.2) is 0 Å². The van der Waals surface area contributed by atoms with Gasteiger partial charge < -0.3 is 14.6 Å². The summed E-state index contributed by atoms with van der Waals surface area (Å²) < 4.78 is 10.9. The average molecular weight is 349 g/mol. The van der Waals surface area contributed by atoms with E-state index in [2.05, 4.69) is 35.2 Å². The summed E-state index contributed by atoms with van der Waals surface area (Å²) in [6, 6.07) is 16.1. The zero-order chi connectivity index (χ0) is 18.1. The van der Waals surface area contributed by atoms with Crippen molar-refractivity contribution in [2.24, 2.45) is 0 Å². The lowest BCUT2D eigenvalue weighted by molar-refractivity contribution is 0.244. The van der Waals surface area contributed by atoms with Crippen molar-refractivity contribution in [1.82, 2.24) is 4.90 Å². The maximum Gasteiger partial charge on any atom is 0.161 e. The minimum atomic E-state index is 0.308. The van der Waals surface area contributed by atoms with Crippen molar-refractivity contribution in [2.75, 3.05) is 20.8 Å². The SMILES string of the molecule is COc1cc2c(cc1OC)CN(Cc1ccc3cc(O)ccc3c1)CC2. The van der Waals surface area contributed by atoms with Gasteiger partial charge in [-0.3, -0.25) is 4.90 Å². The third-order valence-electron chi connectivity index (χ3n) is 5.09. The molecule has 26 heavy (non-hydrogen) atoms. The highest BCUT2D eigenvalue weighted by atomic mass is 16.5. The Bertz CT molecular complexity index is 952. The van der Waals surface area contributed by atoms with Crippen LogP contribution in [-0.4, -0.2) is 30.8 Å². The third kappa shape index (κ3) is 3.20. The highest BCUT2D eigenvalue weighted by Crippen LogP contribution is 2.33. The largest absolute Gasteiger partial charge is 0.508 e. The molecule has 1 aliphatic heterocycles. The number of phenolic OH excluding ortho intramolecular Hbond substituents is 1. The van der Waals surface area contributed by atoms with Crippen molar-refractivity contribution < 1.29 is 14.6 Å². The van der Waals surface area contributed by atoms with Gasteiger partial charge in [-0.1, -0.05) is 18.2 Å². The first-order chi connectivity index (χ1) is 12.7. The summed E-state index contributed by atoms with van der Waals surface area (Å²) in [5, 5.41) is 11.8. The quantitative estimate of drug-likeness (QED) is 0.769. The van der Waals surface area contributed by atoms with Crippen LogP contribution >= 0.6 is 0 Å². The van der Waals surface area contributed by atoms with E-state index in [1.54, 1.807) is 26.4 Å². The molecule has 0 bridgehead atoms. The fourth-order valence-electron chi connectivity index (χ4n) is 3.72. The van der Waals surface area contributed by atoms with Crippen LogP contribution in [0.25, 0.3) is 10.8 Å². The number of hydrogen-bond acceptors (Lipinski definition) is 4. The minimum absolute atomic E-state index is 0.308. The van der Waals surface area contributed by atoms with Gasteiger partial charge in [-0.15, -0.1) is 0 Å². The topological polar surface area (TPSA) is 41.9 Å². The van der Waals surface area contributed by atoms with E-state index in [0.717, 1.165) is 48.3 Å². The molecule has 0 spiro atoms. The van der Waals surface area contributed by atoms with E-state index in [-0.39, 0.29) is 0 Å². The van der Waals surface area contributed by atoms with Gasteiger partial charge in [-0.05, 0) is 64.2 Å². The molecule has 3 aromatic rings. The first kappa shape index (κ1) is 16.7. The van der Waals surface area contributed by atoms with Gasteiger partial charge >= 0.3 is 0 Å². The lowest BCUT2D eigenvalue weighted by Crippen LogP contribution is -2.30. The maximum absolute atomic E-state index is 9.61. The molecule has 0 unspecified atom stereocenters. The molecule has 3 aromatic carbocycles. The van der Waals surface area contributed by atoms with Crippen molar-refractivity contribution in [3.63, 3.8) is 0 Å². The van der Waals surface area contributed by atoms with Gasteiger partial charge in [0, 0.05) is 19.6 Å². The molecular weight excluding hydrogens is 326 g/mol. The lowest BCUT2D eigenvalue weighted by atomic mass is 9.98. The summed E-state index contributed by atoms with van der Waals surface area (Å²) in [4.78, 5) is 2.45. The molecule has 1 N–H and O–H groups in total. The second-order valence-corrected chi connectivity index (χ2v) is 6.80. The molecule has 1 aliphatic rings. The van der Waals surface area contributed by atoms with Crippen molar-refractivity contribution >= 4 is 10.8 Å². The number of rotatable bonds is 4. The van der Waals surface area contributed by atoms with Crippen molar-refractivity contribution in [3.8, 4) is 17.2 Å². The number of methoxy groups -OCH3 is 2. The number of hydrogen-bond donors (Lipinski definition) is 1. The summed E-state index contributed by atoms with van der Waals surface area (Å²) >= 11 is 0. The molecule has 0 radical (unpaired) electrons. The van der Waals surface area contributed by atoms with Gasteiger partial charge in [0.05, 0.1) is 14.2 Å². The molecule has 1 heterocycles. The summed E-state index contributed by atoms with van der Waals surface area (Å²) in [6.07, 6.45) is 1.01. The maximum atomic E-state index is 9.61. The zero-order valence-electron chi connectivity index (χ0n) is 15.2. The Morgan fingerprint density at radius 3 is 2.35 bits per heavy atom. The van der Waals surface area contributed by atoms with Crippen LogP contribution in [0.2, 0.25) is 0 Å². The van der Waals surface area contributed by atoms with Crippen LogP contribution in [0.1, 0.15) is 16.7 Å². The van der Waals surface area contributed by atoms with Gasteiger partial charge in [-0.2, -0.15) is 0 Å². The Kier molecular flexibility index (Phi) is 4.43. The second kappa shape index (κ2) is 6.89. The molecule has 0 aliphatic carbocycles. The normalized spacial score (nSPS) is 14.2. The lowest BCUT2D eigenvalue weighted by Gasteiger charge is -2.29. The number of benzene rings is 3. The third-order valence-corrected chi connectivity index (χ3v) is 5.09. The zero-order valence-corrected chi connectivity index (χ0v) is 15.2. The van der Waals surface area contributed by atoms with Crippen LogP contribution in [0, 0.1) is 0 Å². The van der Waals surface area contributed by atoms with E-state index >= 15 is 0 Å². The van der Waals surface area contributed by atoms with E-state index in [1.807, 2.05) is 6.07 Å². The molecule has 0 saturated heterocycles. The fourth-order valence-corrected chi connectivity index (χ4v) is 3.72. The first-order valence-corrected chi connectivity index (χ1v) is 8.84. The van der Waals surface area contributed by atoms with Gasteiger partial charge in [0.2, 0.25) is 0 Å². The summed E-state index contributed by atoms with van der Waals surface area (Å²) in [5.41, 5.74) is 3.93. The number of fused-ring (bicyclic) bond motifs is 2. The predicted octanol–water partition coefficient (Wildman–Crippen LogP) is 4.12. The molecule has 4 rings (SSSR count). The standard InChI is InChI=1S/C22H23NO3/c1-25-21-11-18-7-8-23(14-19(18)12-22(21)26-2)13-15-3-4-17-10-20(24)6-5-16(17)9-15/h3-6,9-12,24H,7-8,13-14H2,1-2H3. The van der Waals surface area contributed by atoms with Crippen LogP contribution in [0.15, 0.2) is 48.5 Å². The summed E-state index contributed by atoms with van der Waals surface area (Å²) in [6.45, 7) is 2.84. The highest BCUT2D eigenvalue weighted by molar-refractivity contribution is 5.84. The van der Waals surface area contributed by atoms with E-state index in [9.17, 15) is 5.11 Å². The van der Waals surface area contributed by atoms with E-state index in [0.29, 0.717) is 5.75 Å². The van der Waals surface area contributed by atoms with Crippen molar-refractivity contribution in [3.05, 3.63) is 65.2 Å². The molecule has 134 valence electrons. The Morgan fingerprint density at radius 2 is 1.58 bits per heavy atom. The average Bonchev–Trinajstić information content (AvgIpc) is 2.67. The number of phenols is 1. The molecule has 4 nitrogen and oxygen atoms in total. The van der Waals surface area contributed by atoms with Crippen LogP contribution in [-0.2, 0) is 19.5 Å². The van der Waals surface area contributed by atoms with Crippen molar-refractivity contribution in [2.45, 2.75) is 19.5 Å². The number of nitrogens with zero attached hydrogens (tertiary/aromatic N) is 1. The van der Waals surface area contributed by atoms with Crippen LogP contribution in [0.3, 0.4) is 0 Å². The minimum Gasteiger partial charge on any atom is -0.508 e. The van der Waals surface area contributed by atoms with E-state index in [1.165, 1.54) is 16.7 Å². The van der Waals surface area contributed by atoms with Crippen molar-refractivity contribution in [1.29, 1.82) is 0 Å². The van der Waals surface area contributed by atoms with Crippen LogP contribution in [0.5, 0.6) is 17.2 Å². The smallest absolute Gasteiger partial charge is 0.161 e. The molecule has 4 heteroatoms. The Labute approximate surface area is 153 Å². The van der Waals surface area contributed by atoms with Gasteiger partial charge in [0.25, 0.3) is 0 Å². The van der Waals surface area contributed by atoms with Crippen LogP contribution in [0.4, 0.5) is 0 Å². The van der Waals surface area contributed by atoms with E-state index < -0.39 is 0 Å². The molecule has 0 atom stereocenters.